The van der Waals surface area contributed by atoms with Crippen LogP contribution in [0.4, 0.5) is 0 Å². The molecule has 1 aliphatic heterocycles. The van der Waals surface area contributed by atoms with E-state index in [0.29, 0.717) is 6.42 Å². The van der Waals surface area contributed by atoms with E-state index in [1.807, 2.05) is 37.3 Å². The van der Waals surface area contributed by atoms with Gasteiger partial charge in [-0.3, -0.25) is 9.79 Å². The molecule has 1 fully saturated rings. The number of methoxy groups -OCH3 is 1. The molecule has 0 atom stereocenters. The van der Waals surface area contributed by atoms with Crippen LogP contribution in [0.25, 0.3) is 5.70 Å². The van der Waals surface area contributed by atoms with Crippen molar-refractivity contribution in [2.75, 3.05) is 20.2 Å². The average Bonchev–Trinajstić information content (AvgIpc) is 3.21. The van der Waals surface area contributed by atoms with Crippen LogP contribution in [0.2, 0.25) is 0 Å². The van der Waals surface area contributed by atoms with Crippen LogP contribution in [0.3, 0.4) is 0 Å². The van der Waals surface area contributed by atoms with Gasteiger partial charge in [0.1, 0.15) is 5.75 Å². The summed E-state index contributed by atoms with van der Waals surface area (Å²) in [6.45, 7) is 7.31. The summed E-state index contributed by atoms with van der Waals surface area (Å²) >= 11 is 0. The van der Waals surface area contributed by atoms with E-state index in [1.54, 1.807) is 24.2 Å². The first-order valence-corrected chi connectivity index (χ1v) is 8.90. The molecule has 0 saturated carbocycles. The zero-order chi connectivity index (χ0) is 18.9. The van der Waals surface area contributed by atoms with Crippen molar-refractivity contribution >= 4 is 17.3 Å². The average molecular weight is 353 g/mol. The fourth-order valence-corrected chi connectivity index (χ4v) is 2.78. The van der Waals surface area contributed by atoms with Gasteiger partial charge in [0.2, 0.25) is 0 Å². The molecule has 2 N–H and O–H groups in total. The lowest BCUT2D eigenvalue weighted by atomic mass is 10.1. The third-order valence-corrected chi connectivity index (χ3v) is 4.25. The van der Waals surface area contributed by atoms with Crippen molar-refractivity contribution in [1.82, 2.24) is 4.90 Å². The van der Waals surface area contributed by atoms with Crippen molar-refractivity contribution in [3.05, 3.63) is 60.3 Å². The molecule has 1 aliphatic rings. The zero-order valence-electron chi connectivity index (χ0n) is 15.6. The summed E-state index contributed by atoms with van der Waals surface area (Å²) in [5.74, 6) is 0.675. The van der Waals surface area contributed by atoms with Crippen LogP contribution in [0.5, 0.6) is 5.75 Å². The molecule has 5 nitrogen and oxygen atoms in total. The van der Waals surface area contributed by atoms with Gasteiger partial charge in [-0.25, -0.2) is 0 Å². The Hall–Kier alpha value is -2.82. The maximum Gasteiger partial charge on any atom is 0.269 e. The van der Waals surface area contributed by atoms with Gasteiger partial charge in [0, 0.05) is 24.4 Å². The van der Waals surface area contributed by atoms with Gasteiger partial charge in [0.15, 0.2) is 0 Å². The van der Waals surface area contributed by atoms with Gasteiger partial charge in [-0.2, -0.15) is 0 Å². The minimum Gasteiger partial charge on any atom is -0.497 e. The molecule has 0 aliphatic carbocycles. The highest BCUT2D eigenvalue weighted by atomic mass is 16.5. The van der Waals surface area contributed by atoms with E-state index < -0.39 is 0 Å². The number of ether oxygens (including phenoxy) is 1. The number of aliphatic imine (C=N–C) groups is 1. The molecule has 26 heavy (non-hydrogen) atoms. The fraction of sp³-hybridized carbons (Fsp3) is 0.333. The lowest BCUT2D eigenvalue weighted by Gasteiger charge is -2.15. The molecule has 1 aromatic rings. The number of nitrogens with zero attached hydrogens (tertiary/aromatic N) is 2. The highest BCUT2D eigenvalue weighted by Crippen LogP contribution is 2.21. The Morgan fingerprint density at radius 2 is 1.96 bits per heavy atom. The first-order valence-electron chi connectivity index (χ1n) is 8.90. The van der Waals surface area contributed by atoms with Crippen LogP contribution >= 0.6 is 0 Å². The van der Waals surface area contributed by atoms with Gasteiger partial charge in [-0.15, -0.1) is 0 Å². The summed E-state index contributed by atoms with van der Waals surface area (Å²) in [4.78, 5) is 18.9. The normalized spacial score (nSPS) is 15.9. The van der Waals surface area contributed by atoms with E-state index in [2.05, 4.69) is 6.58 Å². The van der Waals surface area contributed by atoms with Crippen LogP contribution in [0, 0.1) is 0 Å². The number of rotatable bonds is 7. The van der Waals surface area contributed by atoms with E-state index in [9.17, 15) is 4.79 Å². The number of hydrogen-bond donors (Lipinski definition) is 1. The van der Waals surface area contributed by atoms with Crippen molar-refractivity contribution in [1.29, 1.82) is 0 Å². The van der Waals surface area contributed by atoms with Crippen molar-refractivity contribution in [3.8, 4) is 5.75 Å². The Bertz CT molecular complexity index is 724. The molecule has 5 heteroatoms. The number of hydrogen-bond acceptors (Lipinski definition) is 4. The second kappa shape index (κ2) is 9.61. The number of benzene rings is 1. The first kappa shape index (κ1) is 19.5. The van der Waals surface area contributed by atoms with Crippen LogP contribution in [-0.4, -0.2) is 36.7 Å². The third-order valence-electron chi connectivity index (χ3n) is 4.25. The molecule has 1 aromatic carbocycles. The van der Waals surface area contributed by atoms with Gasteiger partial charge >= 0.3 is 0 Å². The molecule has 0 spiro atoms. The van der Waals surface area contributed by atoms with Crippen molar-refractivity contribution < 1.29 is 9.53 Å². The predicted octanol–water partition coefficient (Wildman–Crippen LogP) is 3.54. The van der Waals surface area contributed by atoms with Gasteiger partial charge in [-0.05, 0) is 55.7 Å². The first-order chi connectivity index (χ1) is 12.6. The Kier molecular flexibility index (Phi) is 7.21. The smallest absolute Gasteiger partial charge is 0.269 e. The van der Waals surface area contributed by atoms with Crippen molar-refractivity contribution in [3.63, 3.8) is 0 Å². The number of allylic oxidation sites excluding steroid dienone is 3. The number of likely N-dealkylation sites (tertiary alicyclic amines) is 1. The van der Waals surface area contributed by atoms with Gasteiger partial charge in [0.05, 0.1) is 18.5 Å². The third kappa shape index (κ3) is 5.09. The van der Waals surface area contributed by atoms with E-state index >= 15 is 0 Å². The molecule has 0 bridgehead atoms. The summed E-state index contributed by atoms with van der Waals surface area (Å²) < 4.78 is 5.20. The Labute approximate surface area is 155 Å². The molecule has 0 radical (unpaired) electrons. The molecule has 2 rings (SSSR count). The number of carbonyl (C=O) groups is 1. The number of carbonyl (C=O) groups excluding carboxylic acids is 1. The molecule has 1 heterocycles. The summed E-state index contributed by atoms with van der Waals surface area (Å²) in [5.41, 5.74) is 8.72. The molecule has 1 saturated heterocycles. The topological polar surface area (TPSA) is 67.9 Å². The van der Waals surface area contributed by atoms with Crippen LogP contribution in [-0.2, 0) is 4.79 Å². The summed E-state index contributed by atoms with van der Waals surface area (Å²) in [6, 6.07) is 7.64. The monoisotopic (exact) mass is 353 g/mol. The highest BCUT2D eigenvalue weighted by Gasteiger charge is 2.19. The Balaban J connectivity index is 2.27. The quantitative estimate of drug-likeness (QED) is 0.463. The molecule has 1 amide bonds. The van der Waals surface area contributed by atoms with Crippen LogP contribution in [0.1, 0.15) is 31.7 Å². The minimum atomic E-state index is -0.109. The second-order valence-corrected chi connectivity index (χ2v) is 6.07. The van der Waals surface area contributed by atoms with Crippen LogP contribution < -0.4 is 10.5 Å². The summed E-state index contributed by atoms with van der Waals surface area (Å²) in [6.07, 6.45) is 7.96. The van der Waals surface area contributed by atoms with E-state index in [-0.39, 0.29) is 11.6 Å². The molecule has 0 unspecified atom stereocenters. The van der Waals surface area contributed by atoms with Gasteiger partial charge < -0.3 is 15.4 Å². The molecule has 138 valence electrons. The van der Waals surface area contributed by atoms with E-state index in [0.717, 1.165) is 48.7 Å². The minimum absolute atomic E-state index is 0.109. The SMILES string of the molecule is C=C\C=C(/N=C(\C=C(/N)C(=O)N1CCCC1)CC)c1ccc(OC)cc1. The number of nitrogens with two attached hydrogens (primary N) is 1. The Morgan fingerprint density at radius 3 is 2.50 bits per heavy atom. The van der Waals surface area contributed by atoms with E-state index in [4.69, 9.17) is 15.5 Å². The summed E-state index contributed by atoms with van der Waals surface area (Å²) in [5, 5.41) is 0. The van der Waals surface area contributed by atoms with Crippen molar-refractivity contribution in [2.24, 2.45) is 10.7 Å². The molecular formula is C21H27N3O2. The van der Waals surface area contributed by atoms with Crippen LogP contribution in [0.15, 0.2) is 59.8 Å². The maximum atomic E-state index is 12.4. The maximum absolute atomic E-state index is 12.4. The predicted molar refractivity (Wildman–Crippen MR) is 107 cm³/mol. The van der Waals surface area contributed by atoms with Gasteiger partial charge in [0.25, 0.3) is 5.91 Å². The standard InChI is InChI=1S/C21H27N3O2/c1-4-8-20(16-9-11-18(26-3)12-10-16)23-17(5-2)15-19(22)21(25)24-13-6-7-14-24/h4,8-12,15H,1,5-7,13-14,22H2,2-3H3/b19-15-,20-8-,23-17-. The number of amides is 1. The lowest BCUT2D eigenvalue weighted by Crippen LogP contribution is -2.32. The Morgan fingerprint density at radius 1 is 1.31 bits per heavy atom. The lowest BCUT2D eigenvalue weighted by molar-refractivity contribution is -0.126. The highest BCUT2D eigenvalue weighted by molar-refractivity contribution is 6.05. The van der Waals surface area contributed by atoms with E-state index in [1.165, 1.54) is 0 Å². The molecule has 0 aromatic heterocycles. The molecular weight excluding hydrogens is 326 g/mol. The van der Waals surface area contributed by atoms with Crippen molar-refractivity contribution in [2.45, 2.75) is 26.2 Å². The second-order valence-electron chi connectivity index (χ2n) is 6.07. The summed E-state index contributed by atoms with van der Waals surface area (Å²) in [7, 11) is 1.63. The van der Waals surface area contributed by atoms with Gasteiger partial charge in [-0.1, -0.05) is 19.6 Å². The fourth-order valence-electron chi connectivity index (χ4n) is 2.78. The zero-order valence-corrected chi connectivity index (χ0v) is 15.6. The largest absolute Gasteiger partial charge is 0.497 e.